The molecule has 24 heavy (non-hydrogen) atoms. The summed E-state index contributed by atoms with van der Waals surface area (Å²) in [5.74, 6) is 0.510. The van der Waals surface area contributed by atoms with E-state index in [-0.39, 0.29) is 17.9 Å². The van der Waals surface area contributed by atoms with Gasteiger partial charge in [0.25, 0.3) is 5.91 Å². The number of carbonyl (C=O) groups excluding carboxylic acids is 2. The van der Waals surface area contributed by atoms with Gasteiger partial charge in [-0.1, -0.05) is 12.1 Å². The Labute approximate surface area is 144 Å². The molecule has 2 amide bonds. The Kier molecular flexibility index (Phi) is 4.80. The van der Waals surface area contributed by atoms with Gasteiger partial charge in [0.05, 0.1) is 13.2 Å². The zero-order valence-corrected chi connectivity index (χ0v) is 14.4. The molecule has 7 heteroatoms. The second kappa shape index (κ2) is 7.00. The second-order valence-corrected chi connectivity index (χ2v) is 6.51. The van der Waals surface area contributed by atoms with Crippen LogP contribution in [0, 0.1) is 0 Å². The van der Waals surface area contributed by atoms with Gasteiger partial charge in [-0.15, -0.1) is 11.3 Å². The van der Waals surface area contributed by atoms with Crippen LogP contribution in [0.2, 0.25) is 0 Å². The minimum atomic E-state index is -0.194. The van der Waals surface area contributed by atoms with E-state index in [2.05, 4.69) is 10.3 Å². The fourth-order valence-electron chi connectivity index (χ4n) is 2.91. The third-order valence-electron chi connectivity index (χ3n) is 4.02. The smallest absolute Gasteiger partial charge is 0.273 e. The summed E-state index contributed by atoms with van der Waals surface area (Å²) in [6.07, 6.45) is 1.89. The number of anilines is 1. The topological polar surface area (TPSA) is 71.5 Å². The molecule has 2 aromatic rings. The molecule has 1 atom stereocenters. The Hall–Kier alpha value is -2.41. The molecular formula is C17H19N3O3S. The number of methoxy groups -OCH3 is 1. The van der Waals surface area contributed by atoms with Crippen LogP contribution in [0.1, 0.15) is 41.9 Å². The predicted octanol–water partition coefficient (Wildman–Crippen LogP) is 3.09. The number of carbonyl (C=O) groups is 2. The SMILES string of the molecule is COc1ccc(C2CCCN2C(=O)c2csc(NC(C)=O)n2)cc1. The number of nitrogens with one attached hydrogen (secondary N) is 1. The van der Waals surface area contributed by atoms with E-state index in [0.717, 1.165) is 24.2 Å². The molecule has 1 aliphatic heterocycles. The van der Waals surface area contributed by atoms with Crippen molar-refractivity contribution in [1.29, 1.82) is 0 Å². The van der Waals surface area contributed by atoms with Crippen LogP contribution in [0.15, 0.2) is 29.6 Å². The zero-order valence-electron chi connectivity index (χ0n) is 13.6. The first kappa shape index (κ1) is 16.4. The second-order valence-electron chi connectivity index (χ2n) is 5.65. The molecule has 0 radical (unpaired) electrons. The third-order valence-corrected chi connectivity index (χ3v) is 4.78. The van der Waals surface area contributed by atoms with E-state index in [0.29, 0.717) is 17.4 Å². The maximum absolute atomic E-state index is 12.8. The van der Waals surface area contributed by atoms with Crippen molar-refractivity contribution in [2.75, 3.05) is 19.0 Å². The van der Waals surface area contributed by atoms with Gasteiger partial charge in [0.15, 0.2) is 5.13 Å². The van der Waals surface area contributed by atoms with Gasteiger partial charge in [0, 0.05) is 18.8 Å². The number of ether oxygens (including phenoxy) is 1. The molecule has 1 fully saturated rings. The van der Waals surface area contributed by atoms with E-state index < -0.39 is 0 Å². The first-order valence-corrected chi connectivity index (χ1v) is 8.64. The van der Waals surface area contributed by atoms with E-state index >= 15 is 0 Å². The Morgan fingerprint density at radius 1 is 1.33 bits per heavy atom. The number of hydrogen-bond donors (Lipinski definition) is 1. The van der Waals surface area contributed by atoms with Gasteiger partial charge in [-0.25, -0.2) is 4.98 Å². The summed E-state index contributed by atoms with van der Waals surface area (Å²) < 4.78 is 5.19. The first-order valence-electron chi connectivity index (χ1n) is 7.76. The molecule has 1 saturated heterocycles. The highest BCUT2D eigenvalue weighted by atomic mass is 32.1. The van der Waals surface area contributed by atoms with Crippen molar-refractivity contribution < 1.29 is 14.3 Å². The monoisotopic (exact) mass is 345 g/mol. The first-order chi connectivity index (χ1) is 11.6. The zero-order chi connectivity index (χ0) is 17.1. The lowest BCUT2D eigenvalue weighted by Crippen LogP contribution is -2.30. The fraction of sp³-hybridized carbons (Fsp3) is 0.353. The number of aromatic nitrogens is 1. The highest BCUT2D eigenvalue weighted by Crippen LogP contribution is 2.34. The van der Waals surface area contributed by atoms with E-state index in [1.54, 1.807) is 12.5 Å². The van der Waals surface area contributed by atoms with Crippen molar-refractivity contribution in [3.8, 4) is 5.75 Å². The maximum Gasteiger partial charge on any atom is 0.273 e. The van der Waals surface area contributed by atoms with Crippen LogP contribution in [-0.4, -0.2) is 35.4 Å². The molecular weight excluding hydrogens is 326 g/mol. The van der Waals surface area contributed by atoms with Crippen LogP contribution >= 0.6 is 11.3 Å². The average molecular weight is 345 g/mol. The van der Waals surface area contributed by atoms with Gasteiger partial charge >= 0.3 is 0 Å². The summed E-state index contributed by atoms with van der Waals surface area (Å²) >= 11 is 1.26. The van der Waals surface area contributed by atoms with Crippen molar-refractivity contribution in [2.24, 2.45) is 0 Å². The number of thiazole rings is 1. The lowest BCUT2D eigenvalue weighted by Gasteiger charge is -2.24. The standard InChI is InChI=1S/C17H19N3O3S/c1-11(21)18-17-19-14(10-24-17)16(22)20-9-3-4-15(20)12-5-7-13(23-2)8-6-12/h5-8,10,15H,3-4,9H2,1-2H3,(H,18,19,21). The lowest BCUT2D eigenvalue weighted by atomic mass is 10.0. The van der Waals surface area contributed by atoms with Crippen LogP contribution < -0.4 is 10.1 Å². The van der Waals surface area contributed by atoms with E-state index in [1.165, 1.54) is 18.3 Å². The Morgan fingerprint density at radius 3 is 2.75 bits per heavy atom. The summed E-state index contributed by atoms with van der Waals surface area (Å²) in [6, 6.07) is 7.87. The van der Waals surface area contributed by atoms with Crippen LogP contribution in [0.4, 0.5) is 5.13 Å². The van der Waals surface area contributed by atoms with Gasteiger partial charge in [-0.05, 0) is 30.5 Å². The molecule has 0 bridgehead atoms. The predicted molar refractivity (Wildman–Crippen MR) is 92.4 cm³/mol. The molecule has 2 heterocycles. The summed E-state index contributed by atoms with van der Waals surface area (Å²) in [4.78, 5) is 30.0. The van der Waals surface area contributed by atoms with Gasteiger partial charge < -0.3 is 15.0 Å². The third kappa shape index (κ3) is 3.41. The fourth-order valence-corrected chi connectivity index (χ4v) is 3.64. The summed E-state index contributed by atoms with van der Waals surface area (Å²) in [5, 5.41) is 4.75. The highest BCUT2D eigenvalue weighted by molar-refractivity contribution is 7.14. The molecule has 1 N–H and O–H groups in total. The molecule has 1 unspecified atom stereocenters. The van der Waals surface area contributed by atoms with Crippen molar-refractivity contribution in [2.45, 2.75) is 25.8 Å². The van der Waals surface area contributed by atoms with Crippen molar-refractivity contribution in [3.63, 3.8) is 0 Å². The quantitative estimate of drug-likeness (QED) is 0.924. The molecule has 1 aromatic carbocycles. The molecule has 0 saturated carbocycles. The molecule has 0 aliphatic carbocycles. The van der Waals surface area contributed by atoms with Crippen LogP contribution in [0.25, 0.3) is 0 Å². The Bertz CT molecular complexity index is 742. The molecule has 126 valence electrons. The van der Waals surface area contributed by atoms with Gasteiger partial charge in [-0.3, -0.25) is 9.59 Å². The van der Waals surface area contributed by atoms with Crippen molar-refractivity contribution in [3.05, 3.63) is 40.9 Å². The number of rotatable bonds is 4. The van der Waals surface area contributed by atoms with Crippen molar-refractivity contribution in [1.82, 2.24) is 9.88 Å². The Morgan fingerprint density at radius 2 is 2.08 bits per heavy atom. The number of hydrogen-bond acceptors (Lipinski definition) is 5. The maximum atomic E-state index is 12.8. The molecule has 6 nitrogen and oxygen atoms in total. The minimum absolute atomic E-state index is 0.0503. The number of amides is 2. The van der Waals surface area contributed by atoms with Crippen LogP contribution in [0.3, 0.4) is 0 Å². The van der Waals surface area contributed by atoms with E-state index in [9.17, 15) is 9.59 Å². The van der Waals surface area contributed by atoms with Gasteiger partial charge in [-0.2, -0.15) is 0 Å². The molecule has 1 aromatic heterocycles. The highest BCUT2D eigenvalue weighted by Gasteiger charge is 2.31. The minimum Gasteiger partial charge on any atom is -0.497 e. The normalized spacial score (nSPS) is 16.9. The number of nitrogens with zero attached hydrogens (tertiary/aromatic N) is 2. The average Bonchev–Trinajstić information content (AvgIpc) is 3.23. The molecule has 1 aliphatic rings. The van der Waals surface area contributed by atoms with E-state index in [1.807, 2.05) is 29.2 Å². The summed E-state index contributed by atoms with van der Waals surface area (Å²) in [6.45, 7) is 2.13. The van der Waals surface area contributed by atoms with E-state index in [4.69, 9.17) is 4.74 Å². The Balaban J connectivity index is 1.77. The summed E-state index contributed by atoms with van der Waals surface area (Å²) in [7, 11) is 1.63. The van der Waals surface area contributed by atoms with Gasteiger partial charge in [0.1, 0.15) is 11.4 Å². The van der Waals surface area contributed by atoms with Gasteiger partial charge in [0.2, 0.25) is 5.91 Å². The van der Waals surface area contributed by atoms with Crippen LogP contribution in [0.5, 0.6) is 5.75 Å². The van der Waals surface area contributed by atoms with Crippen molar-refractivity contribution >= 4 is 28.3 Å². The lowest BCUT2D eigenvalue weighted by molar-refractivity contribution is -0.114. The molecule has 3 rings (SSSR count). The largest absolute Gasteiger partial charge is 0.497 e. The number of likely N-dealkylation sites (tertiary alicyclic amines) is 1. The summed E-state index contributed by atoms with van der Waals surface area (Å²) in [5.41, 5.74) is 1.48. The van der Waals surface area contributed by atoms with Crippen LogP contribution in [-0.2, 0) is 4.79 Å². The molecule has 0 spiro atoms. The number of benzene rings is 1.